The molecule has 190 valence electrons. The van der Waals surface area contributed by atoms with Crippen molar-refractivity contribution in [3.8, 4) is 17.2 Å². The van der Waals surface area contributed by atoms with Crippen LogP contribution < -0.4 is 0 Å². The van der Waals surface area contributed by atoms with Gasteiger partial charge in [0, 0.05) is 21.7 Å². The highest BCUT2D eigenvalue weighted by atomic mass is 15.2. The number of aromatic nitrogens is 3. The molecule has 0 fully saturated rings. The predicted molar refractivity (Wildman–Crippen MR) is 172 cm³/mol. The van der Waals surface area contributed by atoms with Gasteiger partial charge in [-0.1, -0.05) is 109 Å². The second kappa shape index (κ2) is 8.48. The van der Waals surface area contributed by atoms with Crippen molar-refractivity contribution in [2.45, 2.75) is 0 Å². The first-order valence-corrected chi connectivity index (χ1v) is 13.9. The normalized spacial score (nSPS) is 11.9. The maximum atomic E-state index is 5.38. The molecule has 3 nitrogen and oxygen atoms in total. The maximum absolute atomic E-state index is 5.38. The standard InChI is InChI=1S/C38H23N3/c1-3-13-27-22-35-32(20-25(27)11-1)33-21-26-12-2-4-14-28(26)23-36(33)41(35)38-39-34-19-8-7-17-31(34)37(40-38)30-18-9-15-24-10-5-6-16-29(24)30/h1-23H. The summed E-state index contributed by atoms with van der Waals surface area (Å²) in [6.07, 6.45) is 0. The summed E-state index contributed by atoms with van der Waals surface area (Å²) in [7, 11) is 0. The lowest BCUT2D eigenvalue weighted by molar-refractivity contribution is 1.02. The number of fused-ring (bicyclic) bond motifs is 7. The Balaban J connectivity index is 1.45. The van der Waals surface area contributed by atoms with Gasteiger partial charge in [0.1, 0.15) is 0 Å². The van der Waals surface area contributed by atoms with Gasteiger partial charge in [0.15, 0.2) is 0 Å². The van der Waals surface area contributed by atoms with Crippen LogP contribution in [0.25, 0.3) is 82.2 Å². The summed E-state index contributed by atoms with van der Waals surface area (Å²) in [4.78, 5) is 10.6. The van der Waals surface area contributed by atoms with Gasteiger partial charge in [-0.15, -0.1) is 0 Å². The van der Waals surface area contributed by atoms with Gasteiger partial charge >= 0.3 is 0 Å². The van der Waals surface area contributed by atoms with Crippen molar-refractivity contribution in [3.05, 3.63) is 140 Å². The number of hydrogen-bond acceptors (Lipinski definition) is 2. The summed E-state index contributed by atoms with van der Waals surface area (Å²) >= 11 is 0. The fourth-order valence-corrected chi connectivity index (χ4v) is 6.40. The van der Waals surface area contributed by atoms with E-state index in [1.165, 1.54) is 43.1 Å². The Morgan fingerprint density at radius 1 is 0.390 bits per heavy atom. The second-order valence-electron chi connectivity index (χ2n) is 10.7. The van der Waals surface area contributed by atoms with Crippen LogP contribution >= 0.6 is 0 Å². The molecule has 0 spiro atoms. The van der Waals surface area contributed by atoms with Crippen LogP contribution in [0.1, 0.15) is 0 Å². The molecule has 0 atom stereocenters. The molecule has 2 heterocycles. The molecule has 0 aliphatic rings. The van der Waals surface area contributed by atoms with Gasteiger partial charge in [0.25, 0.3) is 0 Å². The summed E-state index contributed by atoms with van der Waals surface area (Å²) in [5.74, 6) is 0.678. The van der Waals surface area contributed by atoms with E-state index >= 15 is 0 Å². The molecule has 3 heteroatoms. The molecule has 9 aromatic rings. The lowest BCUT2D eigenvalue weighted by atomic mass is 9.99. The van der Waals surface area contributed by atoms with E-state index in [-0.39, 0.29) is 0 Å². The van der Waals surface area contributed by atoms with Gasteiger partial charge in [-0.2, -0.15) is 0 Å². The molecule has 0 amide bonds. The Labute approximate surface area is 235 Å². The monoisotopic (exact) mass is 521 g/mol. The fraction of sp³-hybridized carbons (Fsp3) is 0. The molecular weight excluding hydrogens is 498 g/mol. The number of nitrogens with zero attached hydrogens (tertiary/aromatic N) is 3. The average molecular weight is 522 g/mol. The van der Waals surface area contributed by atoms with Gasteiger partial charge in [0.05, 0.1) is 22.2 Å². The van der Waals surface area contributed by atoms with E-state index in [1.54, 1.807) is 0 Å². The Kier molecular flexibility index (Phi) is 4.61. The van der Waals surface area contributed by atoms with E-state index < -0.39 is 0 Å². The summed E-state index contributed by atoms with van der Waals surface area (Å²) in [6, 6.07) is 49.6. The van der Waals surface area contributed by atoms with Crippen LogP contribution in [0.4, 0.5) is 0 Å². The molecule has 41 heavy (non-hydrogen) atoms. The van der Waals surface area contributed by atoms with Crippen LogP contribution in [-0.2, 0) is 0 Å². The minimum atomic E-state index is 0.678. The summed E-state index contributed by atoms with van der Waals surface area (Å²) in [6.45, 7) is 0. The zero-order chi connectivity index (χ0) is 26.9. The number of rotatable bonds is 2. The molecule has 0 unspecified atom stereocenters. The maximum Gasteiger partial charge on any atom is 0.235 e. The first-order chi connectivity index (χ1) is 20.3. The molecule has 7 aromatic carbocycles. The van der Waals surface area contributed by atoms with Gasteiger partial charge < -0.3 is 0 Å². The first-order valence-electron chi connectivity index (χ1n) is 13.9. The first kappa shape index (κ1) is 22.3. The van der Waals surface area contributed by atoms with Gasteiger partial charge in [-0.3, -0.25) is 4.57 Å². The van der Waals surface area contributed by atoms with Crippen molar-refractivity contribution in [2.75, 3.05) is 0 Å². The van der Waals surface area contributed by atoms with Crippen molar-refractivity contribution >= 4 is 65.0 Å². The van der Waals surface area contributed by atoms with Crippen molar-refractivity contribution in [2.24, 2.45) is 0 Å². The third kappa shape index (κ3) is 3.33. The molecule has 0 saturated heterocycles. The molecule has 0 saturated carbocycles. The Morgan fingerprint density at radius 3 is 1.56 bits per heavy atom. The van der Waals surface area contributed by atoms with Crippen molar-refractivity contribution in [3.63, 3.8) is 0 Å². The van der Waals surface area contributed by atoms with E-state index in [0.717, 1.165) is 33.2 Å². The quantitative estimate of drug-likeness (QED) is 0.227. The number of benzene rings is 7. The third-order valence-corrected chi connectivity index (χ3v) is 8.34. The Bertz CT molecular complexity index is 2390. The molecule has 9 rings (SSSR count). The average Bonchev–Trinajstić information content (AvgIpc) is 3.33. The van der Waals surface area contributed by atoms with Crippen LogP contribution in [0.3, 0.4) is 0 Å². The largest absolute Gasteiger partial charge is 0.278 e. The van der Waals surface area contributed by atoms with Gasteiger partial charge in [-0.05, 0) is 62.6 Å². The highest BCUT2D eigenvalue weighted by Gasteiger charge is 2.19. The second-order valence-corrected chi connectivity index (χ2v) is 10.7. The highest BCUT2D eigenvalue weighted by Crippen LogP contribution is 2.38. The molecule has 0 aliphatic heterocycles. The minimum absolute atomic E-state index is 0.678. The zero-order valence-corrected chi connectivity index (χ0v) is 22.1. The van der Waals surface area contributed by atoms with Crippen molar-refractivity contribution < 1.29 is 0 Å². The summed E-state index contributed by atoms with van der Waals surface area (Å²) in [5.41, 5.74) is 5.19. The van der Waals surface area contributed by atoms with E-state index in [9.17, 15) is 0 Å². The van der Waals surface area contributed by atoms with Gasteiger partial charge in [0.2, 0.25) is 5.95 Å². The Hall–Kier alpha value is -5.54. The Morgan fingerprint density at radius 2 is 0.902 bits per heavy atom. The SMILES string of the molecule is c1ccc2cc3c(cc2c1)c1cc2ccccc2cc1n3-c1nc(-c2cccc3ccccc23)c2ccccc2n1. The predicted octanol–water partition coefficient (Wildman–Crippen LogP) is 9.85. The lowest BCUT2D eigenvalue weighted by Crippen LogP contribution is -2.03. The van der Waals surface area contributed by atoms with E-state index in [4.69, 9.17) is 9.97 Å². The van der Waals surface area contributed by atoms with E-state index in [1.807, 2.05) is 0 Å². The molecule has 0 aliphatic carbocycles. The van der Waals surface area contributed by atoms with E-state index in [2.05, 4.69) is 144 Å². The molecule has 2 aromatic heterocycles. The molecule has 0 N–H and O–H groups in total. The van der Waals surface area contributed by atoms with Crippen molar-refractivity contribution in [1.82, 2.24) is 14.5 Å². The molecule has 0 bridgehead atoms. The number of para-hydroxylation sites is 1. The van der Waals surface area contributed by atoms with Crippen LogP contribution in [0.15, 0.2) is 140 Å². The van der Waals surface area contributed by atoms with Gasteiger partial charge in [-0.25, -0.2) is 9.97 Å². The highest BCUT2D eigenvalue weighted by molar-refractivity contribution is 6.16. The summed E-state index contributed by atoms with van der Waals surface area (Å²) < 4.78 is 2.25. The van der Waals surface area contributed by atoms with Crippen LogP contribution in [0.5, 0.6) is 0 Å². The number of hydrogen-bond donors (Lipinski definition) is 0. The topological polar surface area (TPSA) is 30.7 Å². The van der Waals surface area contributed by atoms with Crippen molar-refractivity contribution in [1.29, 1.82) is 0 Å². The molecule has 0 radical (unpaired) electrons. The smallest absolute Gasteiger partial charge is 0.235 e. The third-order valence-electron chi connectivity index (χ3n) is 8.34. The van der Waals surface area contributed by atoms with Crippen LogP contribution in [0.2, 0.25) is 0 Å². The zero-order valence-electron chi connectivity index (χ0n) is 22.1. The lowest BCUT2D eigenvalue weighted by Gasteiger charge is -2.13. The summed E-state index contributed by atoms with van der Waals surface area (Å²) in [5, 5.41) is 10.7. The minimum Gasteiger partial charge on any atom is -0.278 e. The van der Waals surface area contributed by atoms with E-state index in [0.29, 0.717) is 5.95 Å². The fourth-order valence-electron chi connectivity index (χ4n) is 6.40. The van der Waals surface area contributed by atoms with Crippen LogP contribution in [0, 0.1) is 0 Å². The van der Waals surface area contributed by atoms with Crippen LogP contribution in [-0.4, -0.2) is 14.5 Å². The molecular formula is C38H23N3.